The molecule has 0 aliphatic heterocycles. The first-order chi connectivity index (χ1) is 30.6. The average molecular weight is 873 g/mol. The number of aliphatic hydroxyl groups is 1. The van der Waals surface area contributed by atoms with Crippen molar-refractivity contribution >= 4 is 11.9 Å². The first-order valence-corrected chi connectivity index (χ1v) is 27.9. The van der Waals surface area contributed by atoms with Gasteiger partial charge in [0.25, 0.3) is 0 Å². The Kier molecular flexibility index (Phi) is 52.3. The number of unbranched alkanes of at least 4 members (excludes halogenated alkanes) is 40. The Bertz CT molecular complexity index is 943. The summed E-state index contributed by atoms with van der Waals surface area (Å²) in [6.45, 7) is 4.18. The molecule has 0 aliphatic rings. The molecule has 0 bridgehead atoms. The van der Waals surface area contributed by atoms with Gasteiger partial charge in [0, 0.05) is 12.8 Å². The first kappa shape index (κ1) is 60.4. The minimum Gasteiger partial charge on any atom is -0.462 e. The lowest BCUT2D eigenvalue weighted by molar-refractivity contribution is -0.161. The van der Waals surface area contributed by atoms with Gasteiger partial charge in [0.1, 0.15) is 6.61 Å². The van der Waals surface area contributed by atoms with E-state index in [9.17, 15) is 14.7 Å². The standard InChI is InChI=1S/C57H108O5/c1-3-5-7-9-11-13-15-17-19-21-23-25-26-27-28-29-30-32-34-36-38-40-42-44-46-48-50-52-57(60)62-55(53-58)54-61-56(59)51-49-47-45-43-41-39-37-35-33-31-24-22-20-18-16-14-12-10-8-6-4-2/h15,17,21,23,55,58H,3-14,16,18-20,22,24-54H2,1-2H3/b17-15-,23-21-. The molecule has 62 heavy (non-hydrogen) atoms. The Balaban J connectivity index is 3.43. The summed E-state index contributed by atoms with van der Waals surface area (Å²) in [5.41, 5.74) is 0. The van der Waals surface area contributed by atoms with E-state index in [1.54, 1.807) is 0 Å². The Labute approximate surface area is 387 Å². The Morgan fingerprint density at radius 2 is 0.645 bits per heavy atom. The number of carbonyl (C=O) groups is 2. The molecule has 0 aliphatic carbocycles. The molecule has 1 atom stereocenters. The van der Waals surface area contributed by atoms with Crippen LogP contribution in [0.5, 0.6) is 0 Å². The molecule has 5 nitrogen and oxygen atoms in total. The molecular weight excluding hydrogens is 765 g/mol. The van der Waals surface area contributed by atoms with Crippen LogP contribution >= 0.6 is 0 Å². The van der Waals surface area contributed by atoms with Gasteiger partial charge in [0.15, 0.2) is 6.10 Å². The molecule has 0 aromatic heterocycles. The zero-order valence-corrected chi connectivity index (χ0v) is 41.9. The van der Waals surface area contributed by atoms with E-state index in [0.29, 0.717) is 12.8 Å². The molecule has 0 amide bonds. The molecule has 5 heteroatoms. The monoisotopic (exact) mass is 873 g/mol. The summed E-state index contributed by atoms with van der Waals surface area (Å²) in [7, 11) is 0. The maximum absolute atomic E-state index is 12.3. The zero-order valence-electron chi connectivity index (χ0n) is 41.9. The van der Waals surface area contributed by atoms with Crippen molar-refractivity contribution < 1.29 is 24.2 Å². The van der Waals surface area contributed by atoms with Gasteiger partial charge in [-0.15, -0.1) is 0 Å². The molecule has 0 spiro atoms. The van der Waals surface area contributed by atoms with Crippen molar-refractivity contribution in [2.75, 3.05) is 13.2 Å². The number of hydrogen-bond donors (Lipinski definition) is 1. The molecule has 0 saturated carbocycles. The Morgan fingerprint density at radius 1 is 0.371 bits per heavy atom. The summed E-state index contributed by atoms with van der Waals surface area (Å²) in [5.74, 6) is -0.571. The van der Waals surface area contributed by atoms with Crippen LogP contribution < -0.4 is 0 Å². The van der Waals surface area contributed by atoms with Crippen LogP contribution in [0.1, 0.15) is 309 Å². The number of aliphatic hydroxyl groups excluding tert-OH is 1. The fourth-order valence-electron chi connectivity index (χ4n) is 8.53. The van der Waals surface area contributed by atoms with Gasteiger partial charge in [-0.1, -0.05) is 276 Å². The fraction of sp³-hybridized carbons (Fsp3) is 0.895. The lowest BCUT2D eigenvalue weighted by Crippen LogP contribution is -2.28. The summed E-state index contributed by atoms with van der Waals surface area (Å²) in [6.07, 6.45) is 67.2. The smallest absolute Gasteiger partial charge is 0.306 e. The van der Waals surface area contributed by atoms with Gasteiger partial charge in [-0.05, 0) is 44.9 Å². The van der Waals surface area contributed by atoms with Crippen molar-refractivity contribution in [1.82, 2.24) is 0 Å². The van der Waals surface area contributed by atoms with Crippen LogP contribution in [0.3, 0.4) is 0 Å². The largest absolute Gasteiger partial charge is 0.462 e. The van der Waals surface area contributed by atoms with E-state index in [1.165, 1.54) is 244 Å². The number of esters is 2. The van der Waals surface area contributed by atoms with E-state index in [4.69, 9.17) is 9.47 Å². The predicted octanol–water partition coefficient (Wildman–Crippen LogP) is 18.5. The van der Waals surface area contributed by atoms with Crippen LogP contribution in [0.25, 0.3) is 0 Å². The summed E-state index contributed by atoms with van der Waals surface area (Å²) in [4.78, 5) is 24.5. The quantitative estimate of drug-likeness (QED) is 0.0374. The van der Waals surface area contributed by atoms with Gasteiger partial charge in [0.2, 0.25) is 0 Å². The summed E-state index contributed by atoms with van der Waals surface area (Å²) in [5, 5.41) is 9.65. The second-order valence-electron chi connectivity index (χ2n) is 19.0. The highest BCUT2D eigenvalue weighted by atomic mass is 16.6. The minimum atomic E-state index is -0.768. The van der Waals surface area contributed by atoms with E-state index >= 15 is 0 Å². The average Bonchev–Trinajstić information content (AvgIpc) is 3.28. The number of rotatable bonds is 52. The van der Waals surface area contributed by atoms with E-state index in [1.807, 2.05) is 0 Å². The lowest BCUT2D eigenvalue weighted by atomic mass is 10.0. The first-order valence-electron chi connectivity index (χ1n) is 27.9. The maximum atomic E-state index is 12.3. The van der Waals surface area contributed by atoms with E-state index in [0.717, 1.165) is 38.5 Å². The maximum Gasteiger partial charge on any atom is 0.306 e. The third-order valence-corrected chi connectivity index (χ3v) is 12.7. The fourth-order valence-corrected chi connectivity index (χ4v) is 8.53. The minimum absolute atomic E-state index is 0.0592. The van der Waals surface area contributed by atoms with Crippen molar-refractivity contribution in [3.63, 3.8) is 0 Å². The number of hydrogen-bond acceptors (Lipinski definition) is 5. The predicted molar refractivity (Wildman–Crippen MR) is 270 cm³/mol. The van der Waals surface area contributed by atoms with E-state index in [-0.39, 0.29) is 25.2 Å². The van der Waals surface area contributed by atoms with Crippen LogP contribution in [-0.4, -0.2) is 36.4 Å². The molecule has 0 radical (unpaired) electrons. The van der Waals surface area contributed by atoms with Crippen LogP contribution in [-0.2, 0) is 19.1 Å². The number of carbonyl (C=O) groups excluding carboxylic acids is 2. The molecule has 0 aromatic carbocycles. The van der Waals surface area contributed by atoms with Gasteiger partial charge >= 0.3 is 11.9 Å². The molecule has 1 N–H and O–H groups in total. The lowest BCUT2D eigenvalue weighted by Gasteiger charge is -2.15. The molecular formula is C57H108O5. The highest BCUT2D eigenvalue weighted by Crippen LogP contribution is 2.17. The second-order valence-corrected chi connectivity index (χ2v) is 19.0. The summed E-state index contributed by atoms with van der Waals surface area (Å²) in [6, 6.07) is 0. The van der Waals surface area contributed by atoms with Gasteiger partial charge < -0.3 is 14.6 Å². The Hall–Kier alpha value is -1.62. The summed E-state index contributed by atoms with van der Waals surface area (Å²) >= 11 is 0. The third-order valence-electron chi connectivity index (χ3n) is 12.7. The van der Waals surface area contributed by atoms with Crippen molar-refractivity contribution in [1.29, 1.82) is 0 Å². The third kappa shape index (κ3) is 51.0. The molecule has 0 saturated heterocycles. The summed E-state index contributed by atoms with van der Waals surface area (Å²) < 4.78 is 10.7. The molecule has 0 rings (SSSR count). The second kappa shape index (κ2) is 53.7. The molecule has 0 aromatic rings. The van der Waals surface area contributed by atoms with E-state index < -0.39 is 6.10 Å². The van der Waals surface area contributed by atoms with Gasteiger partial charge in [-0.25, -0.2) is 0 Å². The van der Waals surface area contributed by atoms with Crippen molar-refractivity contribution in [2.45, 2.75) is 315 Å². The van der Waals surface area contributed by atoms with E-state index in [2.05, 4.69) is 38.2 Å². The van der Waals surface area contributed by atoms with Crippen LogP contribution in [0.15, 0.2) is 24.3 Å². The molecule has 366 valence electrons. The van der Waals surface area contributed by atoms with Crippen LogP contribution in [0.4, 0.5) is 0 Å². The molecule has 0 fully saturated rings. The normalized spacial score (nSPS) is 12.2. The molecule has 1 unspecified atom stereocenters. The number of allylic oxidation sites excluding steroid dienone is 4. The Morgan fingerprint density at radius 3 is 0.952 bits per heavy atom. The topological polar surface area (TPSA) is 72.8 Å². The zero-order chi connectivity index (χ0) is 44.9. The SMILES string of the molecule is CCCCCCC/C=C\C/C=C\CCCCCCCCCCCCCCCCCC(=O)OC(CO)COC(=O)CCCCCCCCCCCCCCCCCCCCCCC. The highest BCUT2D eigenvalue weighted by molar-refractivity contribution is 5.70. The van der Waals surface area contributed by atoms with Crippen molar-refractivity contribution in [3.05, 3.63) is 24.3 Å². The highest BCUT2D eigenvalue weighted by Gasteiger charge is 2.16. The van der Waals surface area contributed by atoms with Crippen LogP contribution in [0.2, 0.25) is 0 Å². The van der Waals surface area contributed by atoms with Gasteiger partial charge in [-0.3, -0.25) is 9.59 Å². The number of ether oxygens (including phenoxy) is 2. The van der Waals surface area contributed by atoms with Gasteiger partial charge in [-0.2, -0.15) is 0 Å². The molecule has 0 heterocycles. The van der Waals surface area contributed by atoms with Crippen molar-refractivity contribution in [3.8, 4) is 0 Å². The van der Waals surface area contributed by atoms with Gasteiger partial charge in [0.05, 0.1) is 6.61 Å². The van der Waals surface area contributed by atoms with Crippen molar-refractivity contribution in [2.24, 2.45) is 0 Å². The van der Waals surface area contributed by atoms with Crippen LogP contribution in [0, 0.1) is 0 Å².